The molecule has 0 radical (unpaired) electrons. The maximum atomic E-state index is 12.3. The van der Waals surface area contributed by atoms with Gasteiger partial charge in [0.1, 0.15) is 11.5 Å². The highest BCUT2D eigenvalue weighted by atomic mass is 16.5. The van der Waals surface area contributed by atoms with Crippen molar-refractivity contribution in [1.82, 2.24) is 0 Å². The van der Waals surface area contributed by atoms with Crippen molar-refractivity contribution in [3.63, 3.8) is 0 Å². The van der Waals surface area contributed by atoms with Crippen molar-refractivity contribution in [1.29, 1.82) is 0 Å². The number of anilines is 2. The molecule has 4 aromatic rings. The molecule has 0 spiro atoms. The van der Waals surface area contributed by atoms with Gasteiger partial charge in [0, 0.05) is 28.1 Å². The molecule has 252 valence electrons. The van der Waals surface area contributed by atoms with Gasteiger partial charge in [0.2, 0.25) is 5.91 Å². The molecule has 0 aromatic heterocycles. The molecule has 0 bridgehead atoms. The fourth-order valence-electron chi connectivity index (χ4n) is 4.95. The molecule has 2 N–H and O–H groups in total. The molecule has 49 heavy (non-hydrogen) atoms. The van der Waals surface area contributed by atoms with E-state index in [-0.39, 0.29) is 11.8 Å². The second-order valence-corrected chi connectivity index (χ2v) is 10.4. The first kappa shape index (κ1) is 35.6. The number of hydrogen-bond acceptors (Lipinski definition) is 9. The SMILES string of the molecule is CCOc1ccccc1/C=C1/C(=O)Nc2cc(C(=O)OC)ccc21.CCOc1ccccc1C=O.COC(=O)c1ccc2c(c1)NC(=O)C2. The Hall–Kier alpha value is -6.23. The number of hydrogen-bond donors (Lipinski definition) is 2. The number of rotatable bonds is 8. The molecule has 11 heteroatoms. The van der Waals surface area contributed by atoms with Crippen molar-refractivity contribution in [3.8, 4) is 11.5 Å². The minimum atomic E-state index is -0.439. The van der Waals surface area contributed by atoms with Crippen molar-refractivity contribution in [2.75, 3.05) is 38.1 Å². The number of nitrogens with one attached hydrogen (secondary N) is 2. The number of esters is 2. The lowest BCUT2D eigenvalue weighted by Crippen LogP contribution is -2.04. The highest BCUT2D eigenvalue weighted by Gasteiger charge is 2.25. The van der Waals surface area contributed by atoms with Gasteiger partial charge in [-0.2, -0.15) is 0 Å². The number of carbonyl (C=O) groups excluding carboxylic acids is 5. The van der Waals surface area contributed by atoms with Gasteiger partial charge < -0.3 is 29.6 Å². The van der Waals surface area contributed by atoms with Crippen LogP contribution in [0.2, 0.25) is 0 Å². The summed E-state index contributed by atoms with van der Waals surface area (Å²) in [4.78, 5) is 56.5. The van der Waals surface area contributed by atoms with Crippen LogP contribution in [-0.4, -0.2) is 57.5 Å². The lowest BCUT2D eigenvalue weighted by Gasteiger charge is -2.07. The minimum absolute atomic E-state index is 0.0398. The Bertz CT molecular complexity index is 1900. The van der Waals surface area contributed by atoms with Gasteiger partial charge in [0.25, 0.3) is 5.91 Å². The molecule has 0 fully saturated rings. The maximum absolute atomic E-state index is 12.3. The molecular weight excluding hydrogens is 628 g/mol. The molecule has 6 rings (SSSR count). The molecule has 0 atom stereocenters. The Morgan fingerprint density at radius 1 is 0.714 bits per heavy atom. The van der Waals surface area contributed by atoms with E-state index in [9.17, 15) is 24.0 Å². The molecule has 2 aliphatic rings. The van der Waals surface area contributed by atoms with Gasteiger partial charge in [0.05, 0.1) is 50.5 Å². The average molecular weight is 665 g/mol. The first-order chi connectivity index (χ1) is 23.7. The van der Waals surface area contributed by atoms with Gasteiger partial charge >= 0.3 is 11.9 Å². The fraction of sp³-hybridized carbons (Fsp3) is 0.184. The first-order valence-electron chi connectivity index (χ1n) is 15.4. The molecule has 0 saturated heterocycles. The Labute approximate surface area is 283 Å². The zero-order valence-corrected chi connectivity index (χ0v) is 27.5. The Morgan fingerprint density at radius 2 is 1.27 bits per heavy atom. The van der Waals surface area contributed by atoms with Gasteiger partial charge in [-0.05, 0) is 68.0 Å². The summed E-state index contributed by atoms with van der Waals surface area (Å²) in [5.41, 5.74) is 5.79. The third-order valence-corrected chi connectivity index (χ3v) is 7.24. The third-order valence-electron chi connectivity index (χ3n) is 7.24. The van der Waals surface area contributed by atoms with Gasteiger partial charge in [-0.3, -0.25) is 14.4 Å². The van der Waals surface area contributed by atoms with Gasteiger partial charge in [-0.25, -0.2) is 9.59 Å². The van der Waals surface area contributed by atoms with Crippen LogP contribution in [0.4, 0.5) is 11.4 Å². The summed E-state index contributed by atoms with van der Waals surface area (Å²) in [5, 5.41) is 5.45. The quantitative estimate of drug-likeness (QED) is 0.127. The smallest absolute Gasteiger partial charge is 0.337 e. The lowest BCUT2D eigenvalue weighted by atomic mass is 10.0. The van der Waals surface area contributed by atoms with Gasteiger partial charge in [0.15, 0.2) is 6.29 Å². The lowest BCUT2D eigenvalue weighted by molar-refractivity contribution is -0.115. The molecular formula is C38H36N2O9. The van der Waals surface area contributed by atoms with E-state index in [0.717, 1.165) is 28.7 Å². The van der Waals surface area contributed by atoms with E-state index in [1.807, 2.05) is 50.2 Å². The van der Waals surface area contributed by atoms with Gasteiger partial charge in [-0.15, -0.1) is 0 Å². The van der Waals surface area contributed by atoms with E-state index < -0.39 is 11.9 Å². The zero-order valence-electron chi connectivity index (χ0n) is 27.5. The topological polar surface area (TPSA) is 146 Å². The van der Waals surface area contributed by atoms with Crippen LogP contribution in [-0.2, 0) is 25.5 Å². The standard InChI is InChI=1S/C19H17NO4.C10H9NO3.C9H10O2/c1-3-24-17-7-5-4-6-12(17)10-15-14-9-8-13(19(22)23-2)11-16(14)20-18(15)21;1-14-10(13)7-3-2-6-5-9(12)11-8(6)4-7;1-2-11-9-6-4-3-5-8(9)7-10/h4-11H,3H2,1-2H3,(H,20,21);2-4H,5H2,1H3,(H,11,12);3-7H,2H2,1H3/b15-10+;;. The van der Waals surface area contributed by atoms with Crippen LogP contribution in [0, 0.1) is 0 Å². The zero-order chi connectivity index (χ0) is 35.3. The predicted octanol–water partition coefficient (Wildman–Crippen LogP) is 6.23. The second kappa shape index (κ2) is 17.1. The van der Waals surface area contributed by atoms with E-state index >= 15 is 0 Å². The third kappa shape index (κ3) is 8.98. The summed E-state index contributed by atoms with van der Waals surface area (Å²) in [6.45, 7) is 4.94. The number of ether oxygens (including phenoxy) is 4. The van der Waals surface area contributed by atoms with Crippen LogP contribution < -0.4 is 20.1 Å². The van der Waals surface area contributed by atoms with Crippen molar-refractivity contribution in [2.24, 2.45) is 0 Å². The van der Waals surface area contributed by atoms with Crippen LogP contribution in [0.25, 0.3) is 11.6 Å². The van der Waals surface area contributed by atoms with Crippen LogP contribution in [0.3, 0.4) is 0 Å². The number of benzene rings is 4. The monoisotopic (exact) mass is 664 g/mol. The highest BCUT2D eigenvalue weighted by Crippen LogP contribution is 2.35. The van der Waals surface area contributed by atoms with Crippen LogP contribution in [0.5, 0.6) is 11.5 Å². The summed E-state index contributed by atoms with van der Waals surface area (Å²) in [6, 6.07) is 24.8. The maximum Gasteiger partial charge on any atom is 0.337 e. The number of methoxy groups -OCH3 is 2. The van der Waals surface area contributed by atoms with E-state index in [0.29, 0.717) is 59.0 Å². The van der Waals surface area contributed by atoms with Crippen molar-refractivity contribution in [3.05, 3.63) is 118 Å². The number of carbonyl (C=O) groups is 5. The summed E-state index contributed by atoms with van der Waals surface area (Å²) >= 11 is 0. The van der Waals surface area contributed by atoms with E-state index in [4.69, 9.17) is 14.2 Å². The summed E-state index contributed by atoms with van der Waals surface area (Å²) in [5.74, 6) is 0.297. The summed E-state index contributed by atoms with van der Waals surface area (Å²) in [7, 11) is 2.65. The van der Waals surface area contributed by atoms with Crippen LogP contribution in [0.15, 0.2) is 84.9 Å². The number of fused-ring (bicyclic) bond motifs is 2. The van der Waals surface area contributed by atoms with Crippen LogP contribution >= 0.6 is 0 Å². The molecule has 0 aliphatic carbocycles. The van der Waals surface area contributed by atoms with Crippen LogP contribution in [0.1, 0.15) is 61.6 Å². The van der Waals surface area contributed by atoms with E-state index in [1.165, 1.54) is 14.2 Å². The normalized spacial score (nSPS) is 12.9. The fourth-order valence-corrected chi connectivity index (χ4v) is 4.95. The van der Waals surface area contributed by atoms with Crippen molar-refractivity contribution in [2.45, 2.75) is 20.3 Å². The Kier molecular flexibility index (Phi) is 12.4. The molecule has 0 saturated carbocycles. The predicted molar refractivity (Wildman–Crippen MR) is 185 cm³/mol. The average Bonchev–Trinajstić information content (AvgIpc) is 3.65. The first-order valence-corrected chi connectivity index (χ1v) is 15.4. The summed E-state index contributed by atoms with van der Waals surface area (Å²) in [6.07, 6.45) is 2.98. The van der Waals surface area contributed by atoms with Crippen molar-refractivity contribution < 1.29 is 42.9 Å². The van der Waals surface area contributed by atoms with Gasteiger partial charge in [-0.1, -0.05) is 42.5 Å². The number of amides is 2. The van der Waals surface area contributed by atoms with Crippen molar-refractivity contribution >= 4 is 53.1 Å². The largest absolute Gasteiger partial charge is 0.493 e. The summed E-state index contributed by atoms with van der Waals surface area (Å²) < 4.78 is 20.1. The number of aldehydes is 1. The molecule has 4 aromatic carbocycles. The molecule has 0 unspecified atom stereocenters. The molecule has 2 amide bonds. The highest BCUT2D eigenvalue weighted by molar-refractivity contribution is 6.35. The Balaban J connectivity index is 0.000000183. The Morgan fingerprint density at radius 3 is 1.86 bits per heavy atom. The molecule has 11 nitrogen and oxygen atoms in total. The van der Waals surface area contributed by atoms with E-state index in [2.05, 4.69) is 15.4 Å². The second-order valence-electron chi connectivity index (χ2n) is 10.4. The molecule has 2 aliphatic heterocycles. The molecule has 2 heterocycles. The number of para-hydroxylation sites is 2. The van der Waals surface area contributed by atoms with E-state index in [1.54, 1.807) is 54.6 Å². The minimum Gasteiger partial charge on any atom is -0.493 e.